The zero-order valence-electron chi connectivity index (χ0n) is 13.4. The van der Waals surface area contributed by atoms with Gasteiger partial charge in [-0.2, -0.15) is 0 Å². The van der Waals surface area contributed by atoms with E-state index in [-0.39, 0.29) is 30.7 Å². The van der Waals surface area contributed by atoms with Gasteiger partial charge in [-0.1, -0.05) is 6.08 Å². The van der Waals surface area contributed by atoms with Crippen molar-refractivity contribution in [3.63, 3.8) is 0 Å². The van der Waals surface area contributed by atoms with E-state index in [9.17, 15) is 4.79 Å². The number of likely N-dealkylation sites (tertiary alicyclic amines) is 1. The first-order chi connectivity index (χ1) is 9.78. The van der Waals surface area contributed by atoms with Gasteiger partial charge in [0, 0.05) is 32.1 Å². The van der Waals surface area contributed by atoms with Crippen LogP contribution in [-0.2, 0) is 4.79 Å². The van der Waals surface area contributed by atoms with Crippen LogP contribution in [-0.4, -0.2) is 49.6 Å². The minimum Gasteiger partial charge on any atom is -0.353 e. The molecule has 2 heterocycles. The minimum atomic E-state index is 0. The van der Waals surface area contributed by atoms with E-state index >= 15 is 0 Å². The summed E-state index contributed by atoms with van der Waals surface area (Å²) in [6, 6.07) is 0.386. The van der Waals surface area contributed by atoms with Crippen molar-refractivity contribution < 1.29 is 4.79 Å². The molecule has 2 aliphatic rings. The van der Waals surface area contributed by atoms with Crippen molar-refractivity contribution in [2.24, 2.45) is 5.92 Å². The number of amides is 1. The van der Waals surface area contributed by atoms with Crippen molar-refractivity contribution in [2.45, 2.75) is 44.6 Å². The van der Waals surface area contributed by atoms with Crippen molar-refractivity contribution in [3.05, 3.63) is 12.7 Å². The van der Waals surface area contributed by atoms with Gasteiger partial charge in [0.15, 0.2) is 0 Å². The molecule has 2 N–H and O–H groups in total. The lowest BCUT2D eigenvalue weighted by Gasteiger charge is -2.31. The lowest BCUT2D eigenvalue weighted by Crippen LogP contribution is -2.44. The van der Waals surface area contributed by atoms with Crippen LogP contribution in [0.25, 0.3) is 0 Å². The molecule has 0 saturated carbocycles. The number of piperidine rings is 2. The number of hydrogen-bond acceptors (Lipinski definition) is 3. The van der Waals surface area contributed by atoms with Crippen LogP contribution in [0.2, 0.25) is 0 Å². The molecule has 0 atom stereocenters. The Kier molecular flexibility index (Phi) is 12.0. The van der Waals surface area contributed by atoms with Crippen molar-refractivity contribution in [2.75, 3.05) is 32.7 Å². The highest BCUT2D eigenvalue weighted by atomic mass is 35.5. The summed E-state index contributed by atoms with van der Waals surface area (Å²) in [6.07, 6.45) is 8.33. The second-order valence-electron chi connectivity index (χ2n) is 6.16. The molecule has 0 aromatic carbocycles. The van der Waals surface area contributed by atoms with Gasteiger partial charge in [0.1, 0.15) is 0 Å². The Morgan fingerprint density at radius 1 is 1.18 bits per heavy atom. The van der Waals surface area contributed by atoms with Gasteiger partial charge >= 0.3 is 0 Å². The van der Waals surface area contributed by atoms with Crippen LogP contribution >= 0.6 is 24.8 Å². The zero-order chi connectivity index (χ0) is 14.2. The fourth-order valence-electron chi connectivity index (χ4n) is 3.25. The molecule has 0 bridgehead atoms. The Hall–Kier alpha value is -0.290. The van der Waals surface area contributed by atoms with Crippen molar-refractivity contribution in [1.82, 2.24) is 15.5 Å². The standard InChI is InChI=1S/C16H29N3O.2ClH/c1-2-11-19-12-7-15(8-13-19)18-16(20)4-3-14-5-9-17-10-6-14;;/h2,14-15,17H,1,3-13H2,(H,18,20);2*1H. The van der Waals surface area contributed by atoms with E-state index in [1.165, 1.54) is 12.8 Å². The molecule has 2 saturated heterocycles. The van der Waals surface area contributed by atoms with Crippen LogP contribution < -0.4 is 10.6 Å². The maximum absolute atomic E-state index is 12.0. The number of carbonyl (C=O) groups excluding carboxylic acids is 1. The third-order valence-corrected chi connectivity index (χ3v) is 4.58. The molecule has 130 valence electrons. The summed E-state index contributed by atoms with van der Waals surface area (Å²) in [5.41, 5.74) is 0. The molecule has 0 aromatic rings. The Bertz CT molecular complexity index is 315. The summed E-state index contributed by atoms with van der Waals surface area (Å²) in [5.74, 6) is 1.00. The number of hydrogen-bond donors (Lipinski definition) is 2. The first kappa shape index (κ1) is 21.7. The molecule has 4 nitrogen and oxygen atoms in total. The normalized spacial score (nSPS) is 20.5. The first-order valence-corrected chi connectivity index (χ1v) is 8.11. The van der Waals surface area contributed by atoms with Crippen molar-refractivity contribution in [3.8, 4) is 0 Å². The average molecular weight is 352 g/mol. The molecule has 0 radical (unpaired) electrons. The van der Waals surface area contributed by atoms with E-state index in [1.807, 2.05) is 6.08 Å². The van der Waals surface area contributed by atoms with Crippen LogP contribution in [0.4, 0.5) is 0 Å². The molecule has 1 amide bonds. The van der Waals surface area contributed by atoms with E-state index in [0.29, 0.717) is 12.5 Å². The van der Waals surface area contributed by atoms with Gasteiger partial charge in [-0.3, -0.25) is 9.69 Å². The molecule has 0 spiro atoms. The fraction of sp³-hybridized carbons (Fsp3) is 0.812. The van der Waals surface area contributed by atoms with E-state index in [0.717, 1.165) is 57.9 Å². The summed E-state index contributed by atoms with van der Waals surface area (Å²) < 4.78 is 0. The number of nitrogens with zero attached hydrogens (tertiary/aromatic N) is 1. The molecular formula is C16H31Cl2N3O. The monoisotopic (exact) mass is 351 g/mol. The third kappa shape index (κ3) is 7.82. The predicted molar refractivity (Wildman–Crippen MR) is 97.1 cm³/mol. The minimum absolute atomic E-state index is 0. The highest BCUT2D eigenvalue weighted by Crippen LogP contribution is 2.18. The SMILES string of the molecule is C=CCN1CCC(NC(=O)CCC2CCNCC2)CC1.Cl.Cl. The summed E-state index contributed by atoms with van der Waals surface area (Å²) in [7, 11) is 0. The molecule has 0 aromatic heterocycles. The Labute approximate surface area is 147 Å². The maximum atomic E-state index is 12.0. The molecule has 2 rings (SSSR count). The van der Waals surface area contributed by atoms with Gasteiger partial charge in [0.05, 0.1) is 0 Å². The van der Waals surface area contributed by atoms with Crippen LogP contribution in [0.3, 0.4) is 0 Å². The van der Waals surface area contributed by atoms with Crippen molar-refractivity contribution in [1.29, 1.82) is 0 Å². The molecule has 22 heavy (non-hydrogen) atoms. The van der Waals surface area contributed by atoms with Gasteiger partial charge in [0.25, 0.3) is 0 Å². The fourth-order valence-corrected chi connectivity index (χ4v) is 3.25. The zero-order valence-corrected chi connectivity index (χ0v) is 15.0. The Morgan fingerprint density at radius 3 is 2.41 bits per heavy atom. The Morgan fingerprint density at radius 2 is 1.82 bits per heavy atom. The largest absolute Gasteiger partial charge is 0.353 e. The van der Waals surface area contributed by atoms with Gasteiger partial charge in [-0.05, 0) is 51.1 Å². The van der Waals surface area contributed by atoms with Crippen LogP contribution in [0, 0.1) is 5.92 Å². The number of carbonyl (C=O) groups is 1. The predicted octanol–water partition coefficient (Wildman–Crippen LogP) is 2.38. The summed E-state index contributed by atoms with van der Waals surface area (Å²) in [6.45, 7) is 9.13. The number of rotatable bonds is 6. The van der Waals surface area contributed by atoms with Gasteiger partial charge < -0.3 is 10.6 Å². The van der Waals surface area contributed by atoms with Crippen molar-refractivity contribution >= 4 is 30.7 Å². The Balaban J connectivity index is 0.00000220. The quantitative estimate of drug-likeness (QED) is 0.722. The van der Waals surface area contributed by atoms with E-state index in [1.54, 1.807) is 0 Å². The highest BCUT2D eigenvalue weighted by molar-refractivity contribution is 5.85. The molecule has 0 unspecified atom stereocenters. The molecule has 0 aliphatic carbocycles. The average Bonchev–Trinajstić information content (AvgIpc) is 2.49. The topological polar surface area (TPSA) is 44.4 Å². The summed E-state index contributed by atoms with van der Waals surface area (Å²) >= 11 is 0. The lowest BCUT2D eigenvalue weighted by atomic mass is 9.93. The third-order valence-electron chi connectivity index (χ3n) is 4.58. The van der Waals surface area contributed by atoms with E-state index in [4.69, 9.17) is 0 Å². The summed E-state index contributed by atoms with van der Waals surface area (Å²) in [4.78, 5) is 14.4. The number of halogens is 2. The molecular weight excluding hydrogens is 321 g/mol. The smallest absolute Gasteiger partial charge is 0.220 e. The lowest BCUT2D eigenvalue weighted by molar-refractivity contribution is -0.122. The number of nitrogens with one attached hydrogen (secondary N) is 2. The van der Waals surface area contributed by atoms with Crippen LogP contribution in [0.1, 0.15) is 38.5 Å². The molecule has 2 aliphatic heterocycles. The van der Waals surface area contributed by atoms with Gasteiger partial charge in [-0.25, -0.2) is 0 Å². The highest BCUT2D eigenvalue weighted by Gasteiger charge is 2.20. The van der Waals surface area contributed by atoms with Gasteiger partial charge in [0.2, 0.25) is 5.91 Å². The summed E-state index contributed by atoms with van der Waals surface area (Å²) in [5, 5.41) is 6.58. The van der Waals surface area contributed by atoms with E-state index < -0.39 is 0 Å². The molecule has 2 fully saturated rings. The van der Waals surface area contributed by atoms with Crippen LogP contribution in [0.5, 0.6) is 0 Å². The first-order valence-electron chi connectivity index (χ1n) is 8.11. The van der Waals surface area contributed by atoms with E-state index in [2.05, 4.69) is 22.1 Å². The van der Waals surface area contributed by atoms with Crippen LogP contribution in [0.15, 0.2) is 12.7 Å². The maximum Gasteiger partial charge on any atom is 0.220 e. The molecule has 6 heteroatoms. The second-order valence-corrected chi connectivity index (χ2v) is 6.16. The second kappa shape index (κ2) is 12.2. The van der Waals surface area contributed by atoms with Gasteiger partial charge in [-0.15, -0.1) is 31.4 Å².